The van der Waals surface area contributed by atoms with Gasteiger partial charge in [0.05, 0.1) is 24.7 Å². The lowest BCUT2D eigenvalue weighted by molar-refractivity contribution is -0.207. The van der Waals surface area contributed by atoms with Crippen LogP contribution in [0.5, 0.6) is 0 Å². The highest BCUT2D eigenvalue weighted by Crippen LogP contribution is 2.68. The van der Waals surface area contributed by atoms with E-state index in [1.165, 1.54) is 0 Å². The van der Waals surface area contributed by atoms with Crippen LogP contribution in [0.15, 0.2) is 0 Å². The molecule has 0 radical (unpaired) electrons. The Bertz CT molecular complexity index is 893. The first-order chi connectivity index (χ1) is 18.2. The van der Waals surface area contributed by atoms with Gasteiger partial charge in [-0.15, -0.1) is 0 Å². The molecule has 224 valence electrons. The maximum absolute atomic E-state index is 12.8. The molecule has 0 aromatic heterocycles. The summed E-state index contributed by atoms with van der Waals surface area (Å²) in [6, 6.07) is 0. The molecule has 4 fully saturated rings. The molecular weight excluding hydrogens is 510 g/mol. The number of aliphatic hydroxyl groups is 3. The van der Waals surface area contributed by atoms with Crippen molar-refractivity contribution in [3.63, 3.8) is 0 Å². The SMILES string of the molecule is C[C@H](CCC(=O)OCCC(=O)OCC(C)(F)F)[C@H]1CC[C@H]2[C@@H]3C(O)C[C@@H]4CC(O)CC[C@]4(C)[C@H]3CC(O)[C@]12C. The molecule has 4 rings (SSSR count). The molecule has 4 saturated carbocycles. The van der Waals surface area contributed by atoms with E-state index in [-0.39, 0.29) is 71.9 Å². The molecule has 4 aliphatic rings. The van der Waals surface area contributed by atoms with Crippen LogP contribution in [0.1, 0.15) is 91.9 Å². The van der Waals surface area contributed by atoms with Crippen LogP contribution >= 0.6 is 0 Å². The molecule has 3 N–H and O–H groups in total. The van der Waals surface area contributed by atoms with Gasteiger partial charge >= 0.3 is 11.9 Å². The third-order valence-corrected chi connectivity index (χ3v) is 11.4. The van der Waals surface area contributed by atoms with Crippen LogP contribution in [0.2, 0.25) is 0 Å². The summed E-state index contributed by atoms with van der Waals surface area (Å²) in [6.07, 6.45) is 5.03. The minimum absolute atomic E-state index is 0.0305. The number of hydrogen-bond donors (Lipinski definition) is 3. The molecule has 0 aromatic rings. The minimum atomic E-state index is -3.10. The summed E-state index contributed by atoms with van der Waals surface area (Å²) in [5.41, 5.74) is -0.309. The van der Waals surface area contributed by atoms with Crippen molar-refractivity contribution in [2.45, 2.75) is 116 Å². The lowest BCUT2D eigenvalue weighted by Gasteiger charge is -2.63. The zero-order valence-corrected chi connectivity index (χ0v) is 23.9. The summed E-state index contributed by atoms with van der Waals surface area (Å²) >= 11 is 0. The van der Waals surface area contributed by atoms with Crippen LogP contribution in [0.25, 0.3) is 0 Å². The van der Waals surface area contributed by atoms with Crippen molar-refractivity contribution in [1.82, 2.24) is 0 Å². The Kier molecular flexibility index (Phi) is 9.05. The van der Waals surface area contributed by atoms with E-state index in [1.807, 2.05) is 0 Å². The predicted molar refractivity (Wildman–Crippen MR) is 140 cm³/mol. The molecular formula is C30H48F2O7. The maximum Gasteiger partial charge on any atom is 0.309 e. The van der Waals surface area contributed by atoms with Gasteiger partial charge in [-0.3, -0.25) is 9.59 Å². The summed E-state index contributed by atoms with van der Waals surface area (Å²) < 4.78 is 35.2. The number of esters is 2. The molecule has 9 heteroatoms. The number of aliphatic hydroxyl groups excluding tert-OH is 3. The van der Waals surface area contributed by atoms with Crippen LogP contribution in [0, 0.1) is 46.3 Å². The average Bonchev–Trinajstić information content (AvgIpc) is 3.21. The van der Waals surface area contributed by atoms with Gasteiger partial charge in [-0.2, -0.15) is 0 Å². The Morgan fingerprint density at radius 2 is 1.67 bits per heavy atom. The van der Waals surface area contributed by atoms with Crippen LogP contribution in [0.4, 0.5) is 8.78 Å². The summed E-state index contributed by atoms with van der Waals surface area (Å²) in [7, 11) is 0. The second-order valence-electron chi connectivity index (χ2n) is 13.7. The lowest BCUT2D eigenvalue weighted by atomic mass is 9.43. The summed E-state index contributed by atoms with van der Waals surface area (Å²) in [5.74, 6) is -3.12. The Morgan fingerprint density at radius 3 is 2.36 bits per heavy atom. The molecule has 0 bridgehead atoms. The number of carbonyl (C=O) groups excluding carboxylic acids is 2. The topological polar surface area (TPSA) is 113 Å². The minimum Gasteiger partial charge on any atom is -0.465 e. The second kappa shape index (κ2) is 11.5. The quantitative estimate of drug-likeness (QED) is 0.357. The van der Waals surface area contributed by atoms with Crippen LogP contribution in [0.3, 0.4) is 0 Å². The molecule has 0 spiro atoms. The van der Waals surface area contributed by atoms with Gasteiger partial charge in [-0.1, -0.05) is 20.8 Å². The fourth-order valence-corrected chi connectivity index (χ4v) is 9.28. The zero-order valence-electron chi connectivity index (χ0n) is 23.9. The van der Waals surface area contributed by atoms with Crippen molar-refractivity contribution < 1.29 is 43.2 Å². The Balaban J connectivity index is 1.32. The van der Waals surface area contributed by atoms with Crippen molar-refractivity contribution in [2.24, 2.45) is 46.3 Å². The van der Waals surface area contributed by atoms with Crippen LogP contribution < -0.4 is 0 Å². The molecule has 0 aromatic carbocycles. The van der Waals surface area contributed by atoms with E-state index >= 15 is 0 Å². The highest BCUT2D eigenvalue weighted by molar-refractivity contribution is 5.71. The van der Waals surface area contributed by atoms with Crippen LogP contribution in [-0.4, -0.2) is 64.7 Å². The fraction of sp³-hybridized carbons (Fsp3) is 0.933. The van der Waals surface area contributed by atoms with E-state index in [0.717, 1.165) is 38.5 Å². The van der Waals surface area contributed by atoms with Crippen molar-refractivity contribution in [3.05, 3.63) is 0 Å². The van der Waals surface area contributed by atoms with E-state index in [1.54, 1.807) is 0 Å². The molecule has 4 aliphatic carbocycles. The van der Waals surface area contributed by atoms with Gasteiger partial charge in [0.15, 0.2) is 6.61 Å². The Morgan fingerprint density at radius 1 is 0.974 bits per heavy atom. The third kappa shape index (κ3) is 6.15. The highest BCUT2D eigenvalue weighted by atomic mass is 19.3. The van der Waals surface area contributed by atoms with Crippen LogP contribution in [-0.2, 0) is 19.1 Å². The predicted octanol–water partition coefficient (Wildman–Crippen LogP) is 4.50. The van der Waals surface area contributed by atoms with Gasteiger partial charge in [-0.25, -0.2) is 8.78 Å². The summed E-state index contributed by atoms with van der Waals surface area (Å²) in [6.45, 7) is 6.08. The zero-order chi connectivity index (χ0) is 28.8. The first kappa shape index (κ1) is 30.6. The molecule has 0 aliphatic heterocycles. The molecule has 3 unspecified atom stereocenters. The first-order valence-corrected chi connectivity index (χ1v) is 14.9. The van der Waals surface area contributed by atoms with Crippen molar-refractivity contribution in [1.29, 1.82) is 0 Å². The second-order valence-corrected chi connectivity index (χ2v) is 13.7. The number of carbonyl (C=O) groups is 2. The number of rotatable bonds is 9. The van der Waals surface area contributed by atoms with Crippen molar-refractivity contribution in [3.8, 4) is 0 Å². The smallest absolute Gasteiger partial charge is 0.309 e. The largest absolute Gasteiger partial charge is 0.465 e. The molecule has 39 heavy (non-hydrogen) atoms. The van der Waals surface area contributed by atoms with Gasteiger partial charge in [0, 0.05) is 13.3 Å². The monoisotopic (exact) mass is 558 g/mol. The van der Waals surface area contributed by atoms with Gasteiger partial charge in [-0.05, 0) is 97.7 Å². The Hall–Kier alpha value is -1.32. The lowest BCUT2D eigenvalue weighted by Crippen LogP contribution is -2.62. The molecule has 0 heterocycles. The van der Waals surface area contributed by atoms with Gasteiger partial charge in [0.25, 0.3) is 5.92 Å². The van der Waals surface area contributed by atoms with Gasteiger partial charge in [0.1, 0.15) is 6.61 Å². The molecule has 7 nitrogen and oxygen atoms in total. The normalized spacial score (nSPS) is 42.6. The number of fused-ring (bicyclic) bond motifs is 5. The number of hydrogen-bond acceptors (Lipinski definition) is 7. The number of alkyl halides is 2. The van der Waals surface area contributed by atoms with E-state index in [2.05, 4.69) is 25.5 Å². The van der Waals surface area contributed by atoms with E-state index in [4.69, 9.17) is 4.74 Å². The maximum atomic E-state index is 12.8. The van der Waals surface area contributed by atoms with Crippen molar-refractivity contribution >= 4 is 11.9 Å². The first-order valence-electron chi connectivity index (χ1n) is 14.9. The Labute approximate surface area is 231 Å². The van der Waals surface area contributed by atoms with E-state index < -0.39 is 36.7 Å². The molecule has 11 atom stereocenters. The number of ether oxygens (including phenoxy) is 2. The van der Waals surface area contributed by atoms with E-state index in [9.17, 15) is 33.7 Å². The fourth-order valence-electron chi connectivity index (χ4n) is 9.28. The van der Waals surface area contributed by atoms with E-state index in [0.29, 0.717) is 19.8 Å². The highest BCUT2D eigenvalue weighted by Gasteiger charge is 2.65. The summed E-state index contributed by atoms with van der Waals surface area (Å²) in [4.78, 5) is 23.9. The number of halogens is 2. The van der Waals surface area contributed by atoms with Gasteiger partial charge < -0.3 is 24.8 Å². The average molecular weight is 559 g/mol. The van der Waals surface area contributed by atoms with Crippen molar-refractivity contribution in [2.75, 3.05) is 13.2 Å². The summed E-state index contributed by atoms with van der Waals surface area (Å²) in [5, 5.41) is 33.3. The molecule has 0 saturated heterocycles. The third-order valence-electron chi connectivity index (χ3n) is 11.4. The molecule has 0 amide bonds. The van der Waals surface area contributed by atoms with Gasteiger partial charge in [0.2, 0.25) is 0 Å². The standard InChI is InChI=1S/C30H48F2O7/c1-17(5-8-25(36)38-12-10-26(37)39-16-29(3,31)32)20-6-7-21-27-22(15-24(35)30(20,21)4)28(2)11-9-19(33)13-18(28)14-23(27)34/h17-24,27,33-35H,5-16H2,1-4H3/t17-,18+,19?,20-,21+,22+,23?,24?,27+,28+,30-/m1/s1.